The van der Waals surface area contributed by atoms with Gasteiger partial charge >= 0.3 is 0 Å². The van der Waals surface area contributed by atoms with E-state index in [2.05, 4.69) is 66.8 Å². The van der Waals surface area contributed by atoms with Gasteiger partial charge in [-0.1, -0.05) is 66.7 Å². The van der Waals surface area contributed by atoms with Crippen molar-refractivity contribution in [2.24, 2.45) is 60.3 Å². The van der Waals surface area contributed by atoms with Crippen LogP contribution in [0, 0.1) is 45.3 Å². The standard InChI is InChI=1S/C53H90N4O7/c1-36-44-39(22-10-15-29-59)49(3,4)43(55-44)35-42-38(21-9-14-28-58)50(5,25-12-17-31-61)46(54-42)37(2)45-40(23-11-16-30-60)52(7,27-20-34-64)53(8,57-45)48-41(24-19-33-63)51(6,47(36)56-48)26-13-18-32-62/h35,38-41,48,57-64H,9-34H2,1-8H3/b42-35-,44-36-,45-37-/t38-,39-,40-,41+,48?,50+,51-,52+,53+/m1/s1. The molecule has 64 heavy (non-hydrogen) atoms. The minimum Gasteiger partial charge on any atom is -0.396 e. The smallest absolute Gasteiger partial charge is 0.0772 e. The van der Waals surface area contributed by atoms with E-state index in [0.29, 0.717) is 38.5 Å². The molecule has 0 aromatic carbocycles. The van der Waals surface area contributed by atoms with Gasteiger partial charge in [-0.05, 0) is 134 Å². The summed E-state index contributed by atoms with van der Waals surface area (Å²) in [6, 6.07) is -0.199. The van der Waals surface area contributed by atoms with Crippen LogP contribution in [0.4, 0.5) is 0 Å². The number of aliphatic hydroxyl groups excluding tert-OH is 7. The fraction of sp³-hybridized carbons (Fsp3) is 0.830. The van der Waals surface area contributed by atoms with Crippen LogP contribution < -0.4 is 5.32 Å². The number of rotatable bonds is 26. The van der Waals surface area contributed by atoms with Gasteiger partial charge in [0.2, 0.25) is 0 Å². The quantitative estimate of drug-likeness (QED) is 0.0397. The Morgan fingerprint density at radius 2 is 1.03 bits per heavy atom. The molecule has 1 saturated heterocycles. The second-order valence-electron chi connectivity index (χ2n) is 21.8. The lowest BCUT2D eigenvalue weighted by Crippen LogP contribution is -2.59. The minimum atomic E-state index is -0.594. The maximum Gasteiger partial charge on any atom is 0.0772 e. The summed E-state index contributed by atoms with van der Waals surface area (Å²) < 4.78 is 0. The number of nitrogens with one attached hydrogen (secondary N) is 1. The fourth-order valence-corrected chi connectivity index (χ4v) is 13.5. The predicted octanol–water partition coefficient (Wildman–Crippen LogP) is 8.39. The van der Waals surface area contributed by atoms with Gasteiger partial charge in [-0.15, -0.1) is 0 Å². The van der Waals surface area contributed by atoms with Crippen molar-refractivity contribution in [3.8, 4) is 0 Å². The molecule has 5 rings (SSSR count). The Labute approximate surface area is 386 Å². The fourth-order valence-electron chi connectivity index (χ4n) is 13.5. The molecule has 5 aliphatic rings. The summed E-state index contributed by atoms with van der Waals surface area (Å²) in [5, 5.41) is 75.7. The van der Waals surface area contributed by atoms with Crippen molar-refractivity contribution in [1.29, 1.82) is 0 Å². The molecular formula is C53H90N4O7. The highest BCUT2D eigenvalue weighted by atomic mass is 16.3. The van der Waals surface area contributed by atoms with E-state index in [0.717, 1.165) is 123 Å². The lowest BCUT2D eigenvalue weighted by Gasteiger charge is -2.49. The molecule has 8 bridgehead atoms. The van der Waals surface area contributed by atoms with Crippen LogP contribution in [0.1, 0.15) is 177 Å². The Bertz CT molecular complexity index is 1770. The number of aliphatic imine (C=N–C) groups is 3. The molecule has 9 atom stereocenters. The zero-order valence-corrected chi connectivity index (χ0v) is 41.3. The van der Waals surface area contributed by atoms with Crippen LogP contribution in [0.15, 0.2) is 49.3 Å². The molecule has 0 aromatic heterocycles. The highest BCUT2D eigenvalue weighted by Gasteiger charge is 2.65. The zero-order valence-electron chi connectivity index (χ0n) is 41.3. The van der Waals surface area contributed by atoms with Gasteiger partial charge in [0.15, 0.2) is 0 Å². The first kappa shape index (κ1) is 52.7. The van der Waals surface area contributed by atoms with Crippen LogP contribution in [-0.2, 0) is 0 Å². The van der Waals surface area contributed by atoms with Crippen molar-refractivity contribution in [3.05, 3.63) is 34.3 Å². The monoisotopic (exact) mass is 895 g/mol. The molecule has 8 N–H and O–H groups in total. The molecule has 1 unspecified atom stereocenters. The average Bonchev–Trinajstić information content (AvgIpc) is 3.88. The third-order valence-corrected chi connectivity index (χ3v) is 17.5. The Balaban J connectivity index is 1.94. The van der Waals surface area contributed by atoms with Gasteiger partial charge in [0, 0.05) is 114 Å². The first-order valence-electron chi connectivity index (χ1n) is 25.5. The van der Waals surface area contributed by atoms with Crippen molar-refractivity contribution in [3.63, 3.8) is 0 Å². The van der Waals surface area contributed by atoms with Gasteiger partial charge in [-0.25, -0.2) is 0 Å². The zero-order chi connectivity index (χ0) is 46.9. The van der Waals surface area contributed by atoms with Crippen LogP contribution in [0.25, 0.3) is 0 Å². The SMILES string of the molecule is C/C1=C2N=C(/C=C3N=C(/C(C)=C4\N[C@@](C)(C5N=C1[C@](C)(CCCCO)[C@H]5CCCO)[C@@](C)(CCCO)[C@@H]4CCCCO)[C@@](C)(CCCCO)[C@@H]\3CCCCO)C(C)(C)[C@@H]/2CCCCO. The van der Waals surface area contributed by atoms with Gasteiger partial charge < -0.3 is 41.1 Å². The van der Waals surface area contributed by atoms with Crippen molar-refractivity contribution in [2.45, 2.75) is 189 Å². The molecular weight excluding hydrogens is 805 g/mol. The maximum atomic E-state index is 10.6. The number of unbranched alkanes of at least 4 members (excludes halogenated alkanes) is 5. The normalized spacial score (nSPS) is 36.3. The molecule has 0 saturated carbocycles. The van der Waals surface area contributed by atoms with Crippen molar-refractivity contribution in [2.75, 3.05) is 46.2 Å². The summed E-state index contributed by atoms with van der Waals surface area (Å²) in [7, 11) is 0. The summed E-state index contributed by atoms with van der Waals surface area (Å²) >= 11 is 0. The van der Waals surface area contributed by atoms with E-state index >= 15 is 0 Å². The molecule has 5 aliphatic heterocycles. The van der Waals surface area contributed by atoms with E-state index in [1.54, 1.807) is 0 Å². The van der Waals surface area contributed by atoms with Gasteiger partial charge in [-0.2, -0.15) is 0 Å². The van der Waals surface area contributed by atoms with E-state index in [4.69, 9.17) is 15.0 Å². The summed E-state index contributed by atoms with van der Waals surface area (Å²) in [5.74, 6) is 0.255. The third-order valence-electron chi connectivity index (χ3n) is 17.5. The Kier molecular flexibility index (Phi) is 18.7. The number of nitrogens with zero attached hydrogens (tertiary/aromatic N) is 3. The second kappa shape index (κ2) is 22.7. The van der Waals surface area contributed by atoms with Gasteiger partial charge in [0.05, 0.1) is 17.3 Å². The van der Waals surface area contributed by atoms with E-state index in [-0.39, 0.29) is 97.6 Å². The van der Waals surface area contributed by atoms with Gasteiger partial charge in [-0.3, -0.25) is 15.0 Å². The summed E-state index contributed by atoms with van der Waals surface area (Å²) in [5.41, 5.74) is 6.64. The van der Waals surface area contributed by atoms with Crippen molar-refractivity contribution >= 4 is 17.1 Å². The summed E-state index contributed by atoms with van der Waals surface area (Å²) in [4.78, 5) is 17.6. The molecule has 0 spiro atoms. The van der Waals surface area contributed by atoms with Crippen LogP contribution in [0.5, 0.6) is 0 Å². The molecule has 5 heterocycles. The van der Waals surface area contributed by atoms with E-state index < -0.39 is 5.54 Å². The second-order valence-corrected chi connectivity index (χ2v) is 21.8. The Morgan fingerprint density at radius 1 is 0.516 bits per heavy atom. The van der Waals surface area contributed by atoms with Crippen LogP contribution in [0.3, 0.4) is 0 Å². The van der Waals surface area contributed by atoms with Crippen molar-refractivity contribution in [1.82, 2.24) is 5.32 Å². The van der Waals surface area contributed by atoms with E-state index in [1.807, 2.05) is 0 Å². The molecule has 11 nitrogen and oxygen atoms in total. The van der Waals surface area contributed by atoms with E-state index in [1.165, 1.54) is 5.70 Å². The first-order valence-corrected chi connectivity index (χ1v) is 25.5. The number of fused-ring (bicyclic) bond motifs is 6. The number of hydrogen-bond acceptors (Lipinski definition) is 11. The third kappa shape index (κ3) is 9.98. The molecule has 0 aromatic rings. The number of aliphatic hydroxyl groups is 7. The lowest BCUT2D eigenvalue weighted by molar-refractivity contribution is 0.0451. The number of allylic oxidation sites excluding steroid dienone is 6. The maximum absolute atomic E-state index is 10.6. The number of hydrogen-bond donors (Lipinski definition) is 8. The topological polar surface area (TPSA) is 191 Å². The summed E-state index contributed by atoms with van der Waals surface area (Å²) in [6.45, 7) is 19.6. The Morgan fingerprint density at radius 3 is 1.59 bits per heavy atom. The highest BCUT2D eigenvalue weighted by molar-refractivity contribution is 6.11. The van der Waals surface area contributed by atoms with Crippen LogP contribution in [-0.4, -0.2) is 111 Å². The van der Waals surface area contributed by atoms with Crippen LogP contribution >= 0.6 is 0 Å². The molecule has 11 heteroatoms. The molecule has 364 valence electrons. The molecule has 0 aliphatic carbocycles. The molecule has 0 amide bonds. The molecule has 0 radical (unpaired) electrons. The van der Waals surface area contributed by atoms with Gasteiger partial charge in [0.1, 0.15) is 0 Å². The first-order chi connectivity index (χ1) is 30.6. The van der Waals surface area contributed by atoms with E-state index in [9.17, 15) is 35.7 Å². The highest BCUT2D eigenvalue weighted by Crippen LogP contribution is 2.62. The predicted molar refractivity (Wildman–Crippen MR) is 261 cm³/mol. The largest absolute Gasteiger partial charge is 0.396 e. The van der Waals surface area contributed by atoms with Gasteiger partial charge in [0.25, 0.3) is 0 Å². The average molecular weight is 895 g/mol. The lowest BCUT2D eigenvalue weighted by atomic mass is 9.56. The van der Waals surface area contributed by atoms with Crippen LogP contribution in [0.2, 0.25) is 0 Å². The molecule has 1 fully saturated rings. The van der Waals surface area contributed by atoms with Crippen molar-refractivity contribution < 1.29 is 35.7 Å². The minimum absolute atomic E-state index is 0.0566. The Hall–Kier alpha value is -2.25. The summed E-state index contributed by atoms with van der Waals surface area (Å²) in [6.07, 6.45) is 17.2.